The summed E-state index contributed by atoms with van der Waals surface area (Å²) in [6.45, 7) is 1.61. The Bertz CT molecular complexity index is 1280. The first-order valence-corrected chi connectivity index (χ1v) is 11.2. The number of carbonyl (C=O) groups excluding carboxylic acids is 1. The van der Waals surface area contributed by atoms with Gasteiger partial charge in [0.25, 0.3) is 5.91 Å². The van der Waals surface area contributed by atoms with E-state index in [0.717, 1.165) is 27.6 Å². The first kappa shape index (κ1) is 21.6. The molecule has 34 heavy (non-hydrogen) atoms. The van der Waals surface area contributed by atoms with E-state index in [1.165, 1.54) is 0 Å². The fraction of sp³-hybridized carbons (Fsp3) is 0.107. The second-order valence-electron chi connectivity index (χ2n) is 8.16. The van der Waals surface area contributed by atoms with Gasteiger partial charge in [0.15, 0.2) is 0 Å². The highest BCUT2D eigenvalue weighted by Gasteiger charge is 2.25. The van der Waals surface area contributed by atoms with Gasteiger partial charge < -0.3 is 4.98 Å². The number of benzene rings is 2. The Morgan fingerprint density at radius 1 is 0.706 bits per heavy atom. The molecule has 0 atom stereocenters. The molecule has 3 heterocycles. The molecule has 168 valence electrons. The van der Waals surface area contributed by atoms with E-state index in [-0.39, 0.29) is 5.91 Å². The first-order chi connectivity index (χ1) is 16.8. The summed E-state index contributed by atoms with van der Waals surface area (Å²) in [6.07, 6.45) is 6.98. The third-order valence-corrected chi connectivity index (χ3v) is 5.73. The molecule has 1 amide bonds. The number of hydrogen-bond acceptors (Lipinski definition) is 4. The molecular formula is C28H25N5O. The predicted molar refractivity (Wildman–Crippen MR) is 132 cm³/mol. The SMILES string of the molecule is O=C(c1cc2ccncc2[nH]1)N(Cc1ccncc1)N(Cc1ccccc1)Cc1ccccc1. The molecule has 5 aromatic rings. The van der Waals surface area contributed by atoms with Crippen molar-refractivity contribution in [2.75, 3.05) is 0 Å². The Hall–Kier alpha value is -4.29. The van der Waals surface area contributed by atoms with Gasteiger partial charge in [-0.25, -0.2) is 5.01 Å². The number of carbonyl (C=O) groups is 1. The number of hydrogen-bond donors (Lipinski definition) is 1. The molecule has 0 saturated heterocycles. The largest absolute Gasteiger partial charge is 0.349 e. The molecular weight excluding hydrogens is 422 g/mol. The lowest BCUT2D eigenvalue weighted by molar-refractivity contribution is -0.0283. The average Bonchev–Trinajstić information content (AvgIpc) is 3.33. The van der Waals surface area contributed by atoms with E-state index in [2.05, 4.69) is 44.2 Å². The van der Waals surface area contributed by atoms with E-state index < -0.39 is 0 Å². The van der Waals surface area contributed by atoms with Crippen LogP contribution in [0, 0.1) is 0 Å². The van der Waals surface area contributed by atoms with E-state index in [9.17, 15) is 4.79 Å². The molecule has 2 aromatic carbocycles. The maximum Gasteiger partial charge on any atom is 0.284 e. The van der Waals surface area contributed by atoms with Crippen LogP contribution in [0.3, 0.4) is 0 Å². The topological polar surface area (TPSA) is 65.1 Å². The molecule has 0 spiro atoms. The van der Waals surface area contributed by atoms with Crippen LogP contribution in [0.1, 0.15) is 27.2 Å². The Kier molecular flexibility index (Phi) is 6.40. The van der Waals surface area contributed by atoms with Gasteiger partial charge in [-0.05, 0) is 41.0 Å². The smallest absolute Gasteiger partial charge is 0.284 e. The zero-order valence-corrected chi connectivity index (χ0v) is 18.7. The van der Waals surface area contributed by atoms with Crippen molar-refractivity contribution in [2.45, 2.75) is 19.6 Å². The Labute approximate surface area is 198 Å². The van der Waals surface area contributed by atoms with Crippen LogP contribution in [0.15, 0.2) is 110 Å². The van der Waals surface area contributed by atoms with E-state index in [1.807, 2.05) is 65.7 Å². The lowest BCUT2D eigenvalue weighted by Crippen LogP contribution is -2.45. The molecule has 0 aliphatic rings. The minimum Gasteiger partial charge on any atom is -0.349 e. The van der Waals surface area contributed by atoms with Crippen LogP contribution in [-0.2, 0) is 19.6 Å². The Balaban J connectivity index is 1.54. The van der Waals surface area contributed by atoms with Crippen molar-refractivity contribution in [1.29, 1.82) is 0 Å². The predicted octanol–water partition coefficient (Wildman–Crippen LogP) is 5.22. The van der Waals surface area contributed by atoms with Crippen molar-refractivity contribution in [3.8, 4) is 0 Å². The molecule has 0 fully saturated rings. The molecule has 0 unspecified atom stereocenters. The normalized spacial score (nSPS) is 11.1. The number of aromatic amines is 1. The summed E-state index contributed by atoms with van der Waals surface area (Å²) in [6, 6.07) is 28.1. The van der Waals surface area contributed by atoms with Crippen molar-refractivity contribution < 1.29 is 4.79 Å². The molecule has 1 N–H and O–H groups in total. The van der Waals surface area contributed by atoms with E-state index >= 15 is 0 Å². The highest BCUT2D eigenvalue weighted by atomic mass is 16.2. The third kappa shape index (κ3) is 5.03. The number of aromatic nitrogens is 3. The summed E-state index contributed by atoms with van der Waals surface area (Å²) in [4.78, 5) is 25.5. The molecule has 0 aliphatic carbocycles. The number of hydrazine groups is 1. The fourth-order valence-corrected chi connectivity index (χ4v) is 4.00. The maximum absolute atomic E-state index is 14.0. The van der Waals surface area contributed by atoms with Crippen molar-refractivity contribution in [2.24, 2.45) is 0 Å². The average molecular weight is 448 g/mol. The zero-order chi connectivity index (χ0) is 23.2. The molecule has 3 aromatic heterocycles. The summed E-state index contributed by atoms with van der Waals surface area (Å²) in [5.41, 5.74) is 4.64. The van der Waals surface area contributed by atoms with Crippen LogP contribution in [0.4, 0.5) is 0 Å². The van der Waals surface area contributed by atoms with Crippen LogP contribution in [0.25, 0.3) is 10.9 Å². The van der Waals surface area contributed by atoms with Crippen molar-refractivity contribution in [3.63, 3.8) is 0 Å². The van der Waals surface area contributed by atoms with Gasteiger partial charge in [0.05, 0.1) is 18.3 Å². The monoisotopic (exact) mass is 447 g/mol. The van der Waals surface area contributed by atoms with Crippen molar-refractivity contribution in [3.05, 3.63) is 132 Å². The van der Waals surface area contributed by atoms with Crippen LogP contribution in [-0.4, -0.2) is 30.9 Å². The van der Waals surface area contributed by atoms with E-state index in [0.29, 0.717) is 25.3 Å². The van der Waals surface area contributed by atoms with Gasteiger partial charge in [0, 0.05) is 37.1 Å². The van der Waals surface area contributed by atoms with Crippen LogP contribution in [0.5, 0.6) is 0 Å². The summed E-state index contributed by atoms with van der Waals surface area (Å²) in [7, 11) is 0. The number of rotatable bonds is 8. The lowest BCUT2D eigenvalue weighted by atomic mass is 10.2. The summed E-state index contributed by atoms with van der Waals surface area (Å²) >= 11 is 0. The van der Waals surface area contributed by atoms with Gasteiger partial charge in [-0.15, -0.1) is 0 Å². The lowest BCUT2D eigenvalue weighted by Gasteiger charge is -2.35. The number of nitrogens with one attached hydrogen (secondary N) is 1. The fourth-order valence-electron chi connectivity index (χ4n) is 4.00. The first-order valence-electron chi connectivity index (χ1n) is 11.2. The molecule has 0 saturated carbocycles. The van der Waals surface area contributed by atoms with Gasteiger partial charge in [0.1, 0.15) is 5.69 Å². The van der Waals surface area contributed by atoms with Gasteiger partial charge in [-0.3, -0.25) is 19.8 Å². The van der Waals surface area contributed by atoms with Gasteiger partial charge >= 0.3 is 0 Å². The third-order valence-electron chi connectivity index (χ3n) is 5.73. The standard InChI is InChI=1S/C28H25N5O/c34-28(26-17-25-13-16-30-18-27(25)31-26)33(21-24-11-14-29-15-12-24)32(19-22-7-3-1-4-8-22)20-23-9-5-2-6-10-23/h1-18,31H,19-21H2. The van der Waals surface area contributed by atoms with Gasteiger partial charge in [0.2, 0.25) is 0 Å². The highest BCUT2D eigenvalue weighted by molar-refractivity contribution is 5.97. The number of amides is 1. The quantitative estimate of drug-likeness (QED) is 0.331. The second-order valence-corrected chi connectivity index (χ2v) is 8.16. The molecule has 6 nitrogen and oxygen atoms in total. The second kappa shape index (κ2) is 10.1. The van der Waals surface area contributed by atoms with Crippen LogP contribution >= 0.6 is 0 Å². The maximum atomic E-state index is 14.0. The van der Waals surface area contributed by atoms with E-state index in [4.69, 9.17) is 0 Å². The van der Waals surface area contributed by atoms with Crippen LogP contribution < -0.4 is 0 Å². The molecule has 0 bridgehead atoms. The Morgan fingerprint density at radius 2 is 1.29 bits per heavy atom. The van der Waals surface area contributed by atoms with Gasteiger partial charge in [-0.2, -0.15) is 0 Å². The minimum absolute atomic E-state index is 0.0973. The van der Waals surface area contributed by atoms with Crippen molar-refractivity contribution >= 4 is 16.8 Å². The van der Waals surface area contributed by atoms with Crippen molar-refractivity contribution in [1.82, 2.24) is 25.0 Å². The summed E-state index contributed by atoms with van der Waals surface area (Å²) in [5, 5.41) is 4.89. The Morgan fingerprint density at radius 3 is 1.91 bits per heavy atom. The molecule has 0 aliphatic heterocycles. The molecule has 6 heteroatoms. The molecule has 0 radical (unpaired) electrons. The summed E-state index contributed by atoms with van der Waals surface area (Å²) in [5.74, 6) is -0.0973. The highest BCUT2D eigenvalue weighted by Crippen LogP contribution is 2.21. The van der Waals surface area contributed by atoms with Gasteiger partial charge in [-0.1, -0.05) is 60.7 Å². The number of nitrogens with zero attached hydrogens (tertiary/aromatic N) is 4. The van der Waals surface area contributed by atoms with Crippen LogP contribution in [0.2, 0.25) is 0 Å². The zero-order valence-electron chi connectivity index (χ0n) is 18.7. The number of fused-ring (bicyclic) bond motifs is 1. The summed E-state index contributed by atoms with van der Waals surface area (Å²) < 4.78 is 0. The number of pyridine rings is 2. The molecule has 5 rings (SSSR count). The van der Waals surface area contributed by atoms with E-state index in [1.54, 1.807) is 24.8 Å². The number of H-pyrrole nitrogens is 1. The minimum atomic E-state index is -0.0973.